The minimum absolute atomic E-state index is 0.0700. The Hall–Kier alpha value is -1.77. The van der Waals surface area contributed by atoms with Crippen molar-refractivity contribution in [2.45, 2.75) is 6.92 Å². The van der Waals surface area contributed by atoms with Crippen molar-refractivity contribution in [2.75, 3.05) is 80.7 Å². The van der Waals surface area contributed by atoms with Gasteiger partial charge in [0, 0.05) is 39.3 Å². The first kappa shape index (κ1) is 21.0. The number of hydrogen-bond acceptors (Lipinski definition) is 6. The van der Waals surface area contributed by atoms with Gasteiger partial charge in [-0.25, -0.2) is 0 Å². The molecule has 28 heavy (non-hydrogen) atoms. The summed E-state index contributed by atoms with van der Waals surface area (Å²) in [6.45, 7) is 9.75. The largest absolute Gasteiger partial charge is 0.378 e. The molecule has 0 atom stereocenters. The first-order valence-electron chi connectivity index (χ1n) is 9.97. The number of ether oxygens (including phenoxy) is 1. The molecule has 2 saturated heterocycles. The molecular formula is C20H30N4O3S. The van der Waals surface area contributed by atoms with Gasteiger partial charge >= 0.3 is 0 Å². The van der Waals surface area contributed by atoms with Gasteiger partial charge in [0.1, 0.15) is 0 Å². The van der Waals surface area contributed by atoms with E-state index in [4.69, 9.17) is 4.74 Å². The molecule has 7 nitrogen and oxygen atoms in total. The van der Waals surface area contributed by atoms with Crippen LogP contribution in [0.2, 0.25) is 0 Å². The van der Waals surface area contributed by atoms with Crippen LogP contribution in [-0.2, 0) is 14.3 Å². The highest BCUT2D eigenvalue weighted by Gasteiger charge is 2.20. The average Bonchev–Trinajstić information content (AvgIpc) is 2.75. The molecule has 2 fully saturated rings. The Kier molecular flexibility index (Phi) is 8.00. The predicted molar refractivity (Wildman–Crippen MR) is 114 cm³/mol. The molecular weight excluding hydrogens is 376 g/mol. The van der Waals surface area contributed by atoms with Crippen molar-refractivity contribution in [3.63, 3.8) is 0 Å². The predicted octanol–water partition coefficient (Wildman–Crippen LogP) is 1.36. The highest BCUT2D eigenvalue weighted by Crippen LogP contribution is 2.26. The topological polar surface area (TPSA) is 65.1 Å². The van der Waals surface area contributed by atoms with Crippen LogP contribution in [0.25, 0.3) is 0 Å². The van der Waals surface area contributed by atoms with Crippen molar-refractivity contribution < 1.29 is 14.3 Å². The van der Waals surface area contributed by atoms with E-state index in [-0.39, 0.29) is 17.6 Å². The van der Waals surface area contributed by atoms with Gasteiger partial charge in [-0.15, -0.1) is 11.8 Å². The van der Waals surface area contributed by atoms with Gasteiger partial charge in [-0.3, -0.25) is 9.59 Å². The van der Waals surface area contributed by atoms with E-state index in [1.807, 2.05) is 18.2 Å². The lowest BCUT2D eigenvalue weighted by molar-refractivity contribution is -0.132. The van der Waals surface area contributed by atoms with Crippen molar-refractivity contribution in [1.82, 2.24) is 9.80 Å². The molecule has 1 aromatic carbocycles. The Balaban J connectivity index is 1.47. The molecule has 0 radical (unpaired) electrons. The summed E-state index contributed by atoms with van der Waals surface area (Å²) in [6, 6.07) is 7.96. The van der Waals surface area contributed by atoms with E-state index in [0.29, 0.717) is 32.1 Å². The van der Waals surface area contributed by atoms with Gasteiger partial charge in [0.2, 0.25) is 11.8 Å². The molecule has 0 spiro atoms. The molecule has 2 amide bonds. The first-order chi connectivity index (χ1) is 13.7. The van der Waals surface area contributed by atoms with E-state index >= 15 is 0 Å². The van der Waals surface area contributed by atoms with Crippen molar-refractivity contribution >= 4 is 35.0 Å². The summed E-state index contributed by atoms with van der Waals surface area (Å²) in [5.41, 5.74) is 1.92. The van der Waals surface area contributed by atoms with Gasteiger partial charge in [-0.2, -0.15) is 0 Å². The number of para-hydroxylation sites is 2. The number of rotatable bonds is 7. The summed E-state index contributed by atoms with van der Waals surface area (Å²) < 4.78 is 5.26. The van der Waals surface area contributed by atoms with Crippen molar-refractivity contribution in [3.8, 4) is 0 Å². The maximum absolute atomic E-state index is 12.4. The van der Waals surface area contributed by atoms with E-state index in [2.05, 4.69) is 28.1 Å². The fourth-order valence-corrected chi connectivity index (χ4v) is 4.20. The van der Waals surface area contributed by atoms with Crippen LogP contribution in [0.4, 0.5) is 11.4 Å². The number of amides is 2. The van der Waals surface area contributed by atoms with E-state index in [0.717, 1.165) is 44.1 Å². The van der Waals surface area contributed by atoms with E-state index in [9.17, 15) is 9.59 Å². The van der Waals surface area contributed by atoms with Crippen molar-refractivity contribution in [2.24, 2.45) is 0 Å². The van der Waals surface area contributed by atoms with Gasteiger partial charge in [0.15, 0.2) is 0 Å². The summed E-state index contributed by atoms with van der Waals surface area (Å²) in [7, 11) is 0. The Morgan fingerprint density at radius 2 is 1.75 bits per heavy atom. The standard InChI is InChI=1S/C20H30N4O3S/c1-2-22-7-9-23(10-8-22)18-6-4-3-5-17(18)21-19(25)15-28-16-20(26)24-11-13-27-14-12-24/h3-6H,2,7-16H2,1H3,(H,21,25). The minimum atomic E-state index is -0.0700. The lowest BCUT2D eigenvalue weighted by Crippen LogP contribution is -2.46. The third-order valence-electron chi connectivity index (χ3n) is 5.16. The first-order valence-corrected chi connectivity index (χ1v) is 11.1. The third-order valence-corrected chi connectivity index (χ3v) is 6.08. The molecule has 2 aliphatic rings. The number of nitrogens with one attached hydrogen (secondary N) is 1. The minimum Gasteiger partial charge on any atom is -0.378 e. The number of piperazine rings is 1. The van der Waals surface area contributed by atoms with Crippen LogP contribution in [0.15, 0.2) is 24.3 Å². The molecule has 2 aliphatic heterocycles. The SMILES string of the molecule is CCN1CCN(c2ccccc2NC(=O)CSCC(=O)N2CCOCC2)CC1. The smallest absolute Gasteiger partial charge is 0.234 e. The number of nitrogens with zero attached hydrogens (tertiary/aromatic N) is 3. The lowest BCUT2D eigenvalue weighted by atomic mass is 10.2. The van der Waals surface area contributed by atoms with Gasteiger partial charge in [-0.1, -0.05) is 19.1 Å². The molecule has 0 aliphatic carbocycles. The van der Waals surface area contributed by atoms with Crippen LogP contribution in [0.3, 0.4) is 0 Å². The molecule has 3 rings (SSSR count). The highest BCUT2D eigenvalue weighted by molar-refractivity contribution is 8.00. The summed E-state index contributed by atoms with van der Waals surface area (Å²) in [5.74, 6) is 0.608. The molecule has 8 heteroatoms. The molecule has 0 unspecified atom stereocenters. The normalized spacial score (nSPS) is 18.2. The van der Waals surface area contributed by atoms with Crippen LogP contribution in [0.1, 0.15) is 6.92 Å². The summed E-state index contributed by atoms with van der Waals surface area (Å²) in [6.07, 6.45) is 0. The molecule has 1 N–H and O–H groups in total. The summed E-state index contributed by atoms with van der Waals surface area (Å²) in [4.78, 5) is 31.1. The summed E-state index contributed by atoms with van der Waals surface area (Å²) >= 11 is 1.36. The number of carbonyl (C=O) groups excluding carboxylic acids is 2. The van der Waals surface area contributed by atoms with E-state index in [1.54, 1.807) is 4.90 Å². The maximum atomic E-state index is 12.4. The zero-order chi connectivity index (χ0) is 19.8. The Bertz CT molecular complexity index is 659. The van der Waals surface area contributed by atoms with E-state index in [1.165, 1.54) is 11.8 Å². The number of anilines is 2. The third kappa shape index (κ3) is 5.86. The molecule has 2 heterocycles. The Morgan fingerprint density at radius 3 is 2.46 bits per heavy atom. The fraction of sp³-hybridized carbons (Fsp3) is 0.600. The van der Waals surface area contributed by atoms with Gasteiger partial charge in [0.25, 0.3) is 0 Å². The number of carbonyl (C=O) groups is 2. The average molecular weight is 407 g/mol. The molecule has 0 aromatic heterocycles. The van der Waals surface area contributed by atoms with Crippen LogP contribution >= 0.6 is 11.8 Å². The Morgan fingerprint density at radius 1 is 1.04 bits per heavy atom. The lowest BCUT2D eigenvalue weighted by Gasteiger charge is -2.36. The number of likely N-dealkylation sites (N-methyl/N-ethyl adjacent to an activating group) is 1. The quantitative estimate of drug-likeness (QED) is 0.738. The fourth-order valence-electron chi connectivity index (χ4n) is 3.48. The molecule has 154 valence electrons. The number of benzene rings is 1. The van der Waals surface area contributed by atoms with E-state index < -0.39 is 0 Å². The number of thioether (sulfide) groups is 1. The van der Waals surface area contributed by atoms with Crippen LogP contribution in [0, 0.1) is 0 Å². The highest BCUT2D eigenvalue weighted by atomic mass is 32.2. The molecule has 0 saturated carbocycles. The number of hydrogen-bond donors (Lipinski definition) is 1. The van der Waals surface area contributed by atoms with Crippen LogP contribution in [-0.4, -0.2) is 92.1 Å². The van der Waals surface area contributed by atoms with Crippen LogP contribution in [0.5, 0.6) is 0 Å². The zero-order valence-electron chi connectivity index (χ0n) is 16.6. The second-order valence-electron chi connectivity index (χ2n) is 6.97. The van der Waals surface area contributed by atoms with Gasteiger partial charge < -0.3 is 24.8 Å². The molecule has 1 aromatic rings. The van der Waals surface area contributed by atoms with Crippen molar-refractivity contribution in [3.05, 3.63) is 24.3 Å². The van der Waals surface area contributed by atoms with Crippen molar-refractivity contribution in [1.29, 1.82) is 0 Å². The summed E-state index contributed by atoms with van der Waals surface area (Å²) in [5, 5.41) is 3.03. The number of morpholine rings is 1. The second-order valence-corrected chi connectivity index (χ2v) is 7.96. The monoisotopic (exact) mass is 406 g/mol. The van der Waals surface area contributed by atoms with Crippen LogP contribution < -0.4 is 10.2 Å². The zero-order valence-corrected chi connectivity index (χ0v) is 17.4. The Labute approximate surface area is 171 Å². The molecule has 0 bridgehead atoms. The second kappa shape index (κ2) is 10.7. The van der Waals surface area contributed by atoms with Gasteiger partial charge in [0.05, 0.1) is 36.1 Å². The van der Waals surface area contributed by atoms with Gasteiger partial charge in [-0.05, 0) is 18.7 Å². The maximum Gasteiger partial charge on any atom is 0.234 e.